The summed E-state index contributed by atoms with van der Waals surface area (Å²) in [5.74, 6) is 0.902. The van der Waals surface area contributed by atoms with Crippen molar-refractivity contribution < 1.29 is 0 Å². The highest BCUT2D eigenvalue weighted by Crippen LogP contribution is 2.17. The van der Waals surface area contributed by atoms with Crippen LogP contribution in [0.1, 0.15) is 19.3 Å². The normalized spacial score (nSPS) is 33.8. The fraction of sp³-hybridized carbons (Fsp3) is 1.00. The molecule has 2 rings (SSSR count). The van der Waals surface area contributed by atoms with Gasteiger partial charge in [0.25, 0.3) is 0 Å². The SMILES string of the molecule is CN(C)C1CCN(CC2CCCNC2)C1. The molecule has 3 heteroatoms. The van der Waals surface area contributed by atoms with E-state index in [2.05, 4.69) is 29.2 Å². The van der Waals surface area contributed by atoms with E-state index in [0.29, 0.717) is 0 Å². The van der Waals surface area contributed by atoms with Gasteiger partial charge < -0.3 is 15.1 Å². The molecule has 2 aliphatic rings. The van der Waals surface area contributed by atoms with Gasteiger partial charge in [-0.25, -0.2) is 0 Å². The molecule has 1 N–H and O–H groups in total. The van der Waals surface area contributed by atoms with Crippen LogP contribution in [0.5, 0.6) is 0 Å². The third kappa shape index (κ3) is 3.16. The average molecular weight is 211 g/mol. The molecule has 88 valence electrons. The van der Waals surface area contributed by atoms with E-state index >= 15 is 0 Å². The molecular formula is C12H25N3. The highest BCUT2D eigenvalue weighted by molar-refractivity contribution is 4.83. The molecule has 2 aliphatic heterocycles. The Morgan fingerprint density at radius 2 is 2.20 bits per heavy atom. The quantitative estimate of drug-likeness (QED) is 0.738. The van der Waals surface area contributed by atoms with Gasteiger partial charge >= 0.3 is 0 Å². The van der Waals surface area contributed by atoms with Crippen molar-refractivity contribution in [2.24, 2.45) is 5.92 Å². The van der Waals surface area contributed by atoms with Crippen molar-refractivity contribution in [1.82, 2.24) is 15.1 Å². The first-order valence-electron chi connectivity index (χ1n) is 6.35. The zero-order valence-electron chi connectivity index (χ0n) is 10.2. The molecule has 0 saturated carbocycles. The Balaban J connectivity index is 1.71. The van der Waals surface area contributed by atoms with Gasteiger partial charge in [-0.3, -0.25) is 0 Å². The van der Waals surface area contributed by atoms with E-state index in [1.165, 1.54) is 52.0 Å². The molecular weight excluding hydrogens is 186 g/mol. The van der Waals surface area contributed by atoms with E-state index in [1.54, 1.807) is 0 Å². The molecule has 0 aromatic rings. The highest BCUT2D eigenvalue weighted by Gasteiger charge is 2.26. The summed E-state index contributed by atoms with van der Waals surface area (Å²) in [7, 11) is 4.41. The van der Waals surface area contributed by atoms with Gasteiger partial charge in [-0.05, 0) is 58.9 Å². The molecule has 0 radical (unpaired) electrons. The van der Waals surface area contributed by atoms with Crippen molar-refractivity contribution in [2.75, 3.05) is 46.8 Å². The first-order chi connectivity index (χ1) is 7.25. The molecule has 2 fully saturated rings. The van der Waals surface area contributed by atoms with Crippen LogP contribution >= 0.6 is 0 Å². The van der Waals surface area contributed by atoms with Crippen molar-refractivity contribution in [3.05, 3.63) is 0 Å². The van der Waals surface area contributed by atoms with Crippen LogP contribution in [0, 0.1) is 5.92 Å². The van der Waals surface area contributed by atoms with Crippen molar-refractivity contribution in [1.29, 1.82) is 0 Å². The van der Waals surface area contributed by atoms with Crippen LogP contribution in [-0.4, -0.2) is 62.7 Å². The maximum absolute atomic E-state index is 3.51. The first-order valence-corrected chi connectivity index (χ1v) is 6.35. The second kappa shape index (κ2) is 5.28. The van der Waals surface area contributed by atoms with Gasteiger partial charge in [0.1, 0.15) is 0 Å². The fourth-order valence-electron chi connectivity index (χ4n) is 2.84. The van der Waals surface area contributed by atoms with Crippen LogP contribution in [0.25, 0.3) is 0 Å². The smallest absolute Gasteiger partial charge is 0.0229 e. The molecule has 2 unspecified atom stereocenters. The standard InChI is InChI=1S/C12H25N3/c1-14(2)12-5-7-15(10-12)9-11-4-3-6-13-8-11/h11-13H,3-10H2,1-2H3. The maximum atomic E-state index is 3.51. The molecule has 0 aromatic heterocycles. The third-order valence-electron chi connectivity index (χ3n) is 3.89. The van der Waals surface area contributed by atoms with E-state index < -0.39 is 0 Å². The molecule has 0 bridgehead atoms. The van der Waals surface area contributed by atoms with Gasteiger partial charge in [-0.2, -0.15) is 0 Å². The van der Waals surface area contributed by atoms with Gasteiger partial charge in [0.15, 0.2) is 0 Å². The number of likely N-dealkylation sites (N-methyl/N-ethyl adjacent to an activating group) is 1. The van der Waals surface area contributed by atoms with Crippen molar-refractivity contribution >= 4 is 0 Å². The number of hydrogen-bond donors (Lipinski definition) is 1. The van der Waals surface area contributed by atoms with Crippen LogP contribution in [0.15, 0.2) is 0 Å². The minimum atomic E-state index is 0.793. The van der Waals surface area contributed by atoms with Gasteiger partial charge in [0.2, 0.25) is 0 Å². The van der Waals surface area contributed by atoms with Crippen molar-refractivity contribution in [3.8, 4) is 0 Å². The lowest BCUT2D eigenvalue weighted by atomic mass is 9.99. The number of rotatable bonds is 3. The monoisotopic (exact) mass is 211 g/mol. The predicted molar refractivity (Wildman–Crippen MR) is 64.1 cm³/mol. The van der Waals surface area contributed by atoms with Crippen LogP contribution < -0.4 is 5.32 Å². The Morgan fingerprint density at radius 1 is 1.33 bits per heavy atom. The van der Waals surface area contributed by atoms with Gasteiger partial charge in [0.05, 0.1) is 0 Å². The fourth-order valence-corrected chi connectivity index (χ4v) is 2.84. The van der Waals surface area contributed by atoms with Crippen LogP contribution in [0.3, 0.4) is 0 Å². The lowest BCUT2D eigenvalue weighted by Gasteiger charge is -2.28. The van der Waals surface area contributed by atoms with Crippen molar-refractivity contribution in [2.45, 2.75) is 25.3 Å². The average Bonchev–Trinajstić information content (AvgIpc) is 2.68. The Labute approximate surface area is 93.8 Å². The number of nitrogens with zero attached hydrogens (tertiary/aromatic N) is 2. The Bertz CT molecular complexity index is 187. The second-order valence-corrected chi connectivity index (χ2v) is 5.38. The minimum absolute atomic E-state index is 0.793. The van der Waals surface area contributed by atoms with Gasteiger partial charge in [-0.15, -0.1) is 0 Å². The molecule has 0 amide bonds. The van der Waals surface area contributed by atoms with Crippen molar-refractivity contribution in [3.63, 3.8) is 0 Å². The number of hydrogen-bond acceptors (Lipinski definition) is 3. The third-order valence-corrected chi connectivity index (χ3v) is 3.89. The summed E-state index contributed by atoms with van der Waals surface area (Å²) < 4.78 is 0. The van der Waals surface area contributed by atoms with E-state index in [0.717, 1.165) is 12.0 Å². The summed E-state index contributed by atoms with van der Waals surface area (Å²) in [4.78, 5) is 5.03. The molecule has 0 aromatic carbocycles. The number of nitrogens with one attached hydrogen (secondary N) is 1. The largest absolute Gasteiger partial charge is 0.316 e. The Morgan fingerprint density at radius 3 is 2.80 bits per heavy atom. The second-order valence-electron chi connectivity index (χ2n) is 5.38. The Hall–Kier alpha value is -0.120. The maximum Gasteiger partial charge on any atom is 0.0229 e. The lowest BCUT2D eigenvalue weighted by Crippen LogP contribution is -2.38. The summed E-state index contributed by atoms with van der Waals surface area (Å²) >= 11 is 0. The molecule has 2 atom stereocenters. The minimum Gasteiger partial charge on any atom is -0.316 e. The summed E-state index contributed by atoms with van der Waals surface area (Å²) in [5, 5.41) is 3.51. The molecule has 2 heterocycles. The number of likely N-dealkylation sites (tertiary alicyclic amines) is 1. The first kappa shape index (κ1) is 11.4. The number of piperidine rings is 1. The molecule has 0 spiro atoms. The van der Waals surface area contributed by atoms with E-state index in [1.807, 2.05) is 0 Å². The topological polar surface area (TPSA) is 18.5 Å². The summed E-state index contributed by atoms with van der Waals surface area (Å²) in [6, 6.07) is 0.793. The van der Waals surface area contributed by atoms with Gasteiger partial charge in [0, 0.05) is 19.1 Å². The predicted octanol–water partition coefficient (Wildman–Crippen LogP) is 0.622. The van der Waals surface area contributed by atoms with E-state index in [-0.39, 0.29) is 0 Å². The van der Waals surface area contributed by atoms with E-state index in [4.69, 9.17) is 0 Å². The van der Waals surface area contributed by atoms with Gasteiger partial charge in [-0.1, -0.05) is 0 Å². The van der Waals surface area contributed by atoms with E-state index in [9.17, 15) is 0 Å². The summed E-state index contributed by atoms with van der Waals surface area (Å²) in [6.07, 6.45) is 4.15. The lowest BCUT2D eigenvalue weighted by molar-refractivity contribution is 0.222. The van der Waals surface area contributed by atoms with Crippen LogP contribution in [0.2, 0.25) is 0 Å². The zero-order chi connectivity index (χ0) is 10.7. The highest BCUT2D eigenvalue weighted by atomic mass is 15.2. The summed E-state index contributed by atoms with van der Waals surface area (Å²) in [6.45, 7) is 6.38. The van der Waals surface area contributed by atoms with Crippen LogP contribution in [0.4, 0.5) is 0 Å². The molecule has 2 saturated heterocycles. The molecule has 15 heavy (non-hydrogen) atoms. The zero-order valence-corrected chi connectivity index (χ0v) is 10.2. The summed E-state index contributed by atoms with van der Waals surface area (Å²) in [5.41, 5.74) is 0. The van der Waals surface area contributed by atoms with Crippen LogP contribution in [-0.2, 0) is 0 Å². The molecule has 3 nitrogen and oxygen atoms in total. The molecule has 0 aliphatic carbocycles. The Kier molecular flexibility index (Phi) is 4.00.